The fourth-order valence-corrected chi connectivity index (χ4v) is 5.29. The van der Waals surface area contributed by atoms with Crippen molar-refractivity contribution in [2.45, 2.75) is 24.5 Å². The molecule has 1 aliphatic heterocycles. The van der Waals surface area contributed by atoms with Crippen LogP contribution in [0.1, 0.15) is 28.5 Å². The minimum atomic E-state index is -0.250. The van der Waals surface area contributed by atoms with Crippen molar-refractivity contribution in [1.82, 2.24) is 15.0 Å². The molecule has 0 radical (unpaired) electrons. The molecule has 1 N–H and O–H groups in total. The Morgan fingerprint density at radius 3 is 2.65 bits per heavy atom. The molecule has 2 aromatic carbocycles. The van der Waals surface area contributed by atoms with E-state index in [1.807, 2.05) is 54.8 Å². The molecular formula is C26H22N4O2S2. The van der Waals surface area contributed by atoms with Gasteiger partial charge in [0.25, 0.3) is 11.5 Å². The topological polar surface area (TPSA) is 78.4 Å². The maximum Gasteiger partial charge on any atom is 0.253 e. The molecule has 1 aliphatic rings. The van der Waals surface area contributed by atoms with Crippen LogP contribution in [0.5, 0.6) is 0 Å². The summed E-state index contributed by atoms with van der Waals surface area (Å²) in [7, 11) is 0. The van der Waals surface area contributed by atoms with Crippen molar-refractivity contribution in [3.63, 3.8) is 0 Å². The Kier molecular flexibility index (Phi) is 6.42. The molecule has 34 heavy (non-hydrogen) atoms. The van der Waals surface area contributed by atoms with E-state index in [0.717, 1.165) is 21.7 Å². The van der Waals surface area contributed by atoms with Gasteiger partial charge in [-0.3, -0.25) is 9.59 Å². The lowest BCUT2D eigenvalue weighted by molar-refractivity contribution is -0.130. The van der Waals surface area contributed by atoms with Crippen molar-refractivity contribution < 1.29 is 4.79 Å². The Morgan fingerprint density at radius 2 is 1.91 bits per heavy atom. The number of hydrazone groups is 1. The predicted octanol–water partition coefficient (Wildman–Crippen LogP) is 5.28. The molecule has 0 bridgehead atoms. The quantitative estimate of drug-likeness (QED) is 0.297. The van der Waals surface area contributed by atoms with Crippen molar-refractivity contribution in [3.05, 3.63) is 105 Å². The van der Waals surface area contributed by atoms with Crippen LogP contribution in [0, 0.1) is 6.92 Å². The van der Waals surface area contributed by atoms with Crippen LogP contribution < -0.4 is 5.56 Å². The van der Waals surface area contributed by atoms with Gasteiger partial charge in [-0.05, 0) is 23.9 Å². The van der Waals surface area contributed by atoms with E-state index < -0.39 is 0 Å². The van der Waals surface area contributed by atoms with E-state index in [0.29, 0.717) is 17.3 Å². The van der Waals surface area contributed by atoms with Gasteiger partial charge in [-0.15, -0.1) is 11.3 Å². The number of hydrogen-bond donors (Lipinski definition) is 1. The number of nitrogens with zero attached hydrogens (tertiary/aromatic N) is 3. The molecule has 5 rings (SSSR count). The highest BCUT2D eigenvalue weighted by molar-refractivity contribution is 7.99. The van der Waals surface area contributed by atoms with Gasteiger partial charge in [0.05, 0.1) is 28.1 Å². The average molecular weight is 487 g/mol. The fraction of sp³-hybridized carbons (Fsp3) is 0.154. The molecule has 0 saturated heterocycles. The summed E-state index contributed by atoms with van der Waals surface area (Å²) in [5.74, 6) is -0.0139. The van der Waals surface area contributed by atoms with Gasteiger partial charge >= 0.3 is 0 Å². The lowest BCUT2D eigenvalue weighted by atomic mass is 10.00. The second-order valence-electron chi connectivity index (χ2n) is 7.98. The largest absolute Gasteiger partial charge is 0.301 e. The number of carbonyl (C=O) groups excluding carboxylic acids is 1. The van der Waals surface area contributed by atoms with Crippen molar-refractivity contribution in [3.8, 4) is 11.3 Å². The number of amides is 1. The molecule has 0 fully saturated rings. The third-order valence-corrected chi connectivity index (χ3v) is 7.33. The minimum Gasteiger partial charge on any atom is -0.301 e. The van der Waals surface area contributed by atoms with Gasteiger partial charge in [0.1, 0.15) is 0 Å². The SMILES string of the molecule is Cc1ccc([C@H]2CC(c3cccs3)=NN2C(=O)CSc2nc(-c3ccccc3)cc(=O)[nH]2)cc1. The maximum absolute atomic E-state index is 13.3. The van der Waals surface area contributed by atoms with E-state index in [1.54, 1.807) is 16.3 Å². The molecule has 0 aliphatic carbocycles. The lowest BCUT2D eigenvalue weighted by Crippen LogP contribution is -2.28. The van der Waals surface area contributed by atoms with E-state index in [1.165, 1.54) is 23.4 Å². The molecule has 170 valence electrons. The summed E-state index contributed by atoms with van der Waals surface area (Å²) in [5.41, 5.74) is 4.32. The number of aryl methyl sites for hydroxylation is 1. The number of benzene rings is 2. The van der Waals surface area contributed by atoms with Gasteiger partial charge in [-0.25, -0.2) is 9.99 Å². The summed E-state index contributed by atoms with van der Waals surface area (Å²) < 4.78 is 0. The first-order valence-corrected chi connectivity index (χ1v) is 12.7. The van der Waals surface area contributed by atoms with Crippen LogP contribution in [0.3, 0.4) is 0 Å². The fourth-order valence-electron chi connectivity index (χ4n) is 3.84. The summed E-state index contributed by atoms with van der Waals surface area (Å²) in [6.45, 7) is 2.04. The highest BCUT2D eigenvalue weighted by Gasteiger charge is 2.33. The minimum absolute atomic E-state index is 0.116. The second kappa shape index (κ2) is 9.79. The normalized spacial score (nSPS) is 15.4. The third-order valence-electron chi connectivity index (χ3n) is 5.56. The molecular weight excluding hydrogens is 464 g/mol. The standard InChI is InChI=1S/C26H22N4O2S2/c1-17-9-11-19(12-10-17)22-14-21(23-8-5-13-33-23)29-30(22)25(32)16-34-26-27-20(15-24(31)28-26)18-6-3-2-4-7-18/h2-13,15,22H,14,16H2,1H3,(H,27,28,31)/t22-/m1/s1. The Bertz CT molecular complexity index is 1380. The van der Waals surface area contributed by atoms with Gasteiger partial charge in [0.15, 0.2) is 5.16 Å². The average Bonchev–Trinajstić information content (AvgIpc) is 3.54. The number of nitrogens with one attached hydrogen (secondary N) is 1. The van der Waals surface area contributed by atoms with Gasteiger partial charge in [-0.1, -0.05) is 78.0 Å². The van der Waals surface area contributed by atoms with Crippen molar-refractivity contribution in [1.29, 1.82) is 0 Å². The van der Waals surface area contributed by atoms with Crippen LogP contribution in [-0.4, -0.2) is 32.3 Å². The summed E-state index contributed by atoms with van der Waals surface area (Å²) >= 11 is 2.83. The molecule has 0 saturated carbocycles. The van der Waals surface area contributed by atoms with Gasteiger partial charge in [-0.2, -0.15) is 5.10 Å². The zero-order valence-corrected chi connectivity index (χ0v) is 20.1. The first kappa shape index (κ1) is 22.3. The molecule has 0 unspecified atom stereocenters. The number of aromatic nitrogens is 2. The molecule has 6 nitrogen and oxygen atoms in total. The lowest BCUT2D eigenvalue weighted by Gasteiger charge is -2.22. The van der Waals surface area contributed by atoms with E-state index in [4.69, 9.17) is 5.10 Å². The number of thiophene rings is 1. The molecule has 4 aromatic rings. The van der Waals surface area contributed by atoms with Crippen molar-refractivity contribution in [2.24, 2.45) is 5.10 Å². The van der Waals surface area contributed by atoms with Crippen LogP contribution in [0.4, 0.5) is 0 Å². The van der Waals surface area contributed by atoms with Gasteiger partial charge in [0.2, 0.25) is 0 Å². The molecule has 1 amide bonds. The molecule has 1 atom stereocenters. The third kappa shape index (κ3) is 4.88. The monoisotopic (exact) mass is 486 g/mol. The zero-order valence-electron chi connectivity index (χ0n) is 18.5. The number of H-pyrrole nitrogens is 1. The van der Waals surface area contributed by atoms with E-state index in [-0.39, 0.29) is 23.3 Å². The van der Waals surface area contributed by atoms with E-state index >= 15 is 0 Å². The number of hydrogen-bond acceptors (Lipinski definition) is 6. The Balaban J connectivity index is 1.37. The van der Waals surface area contributed by atoms with Gasteiger partial charge in [0, 0.05) is 18.1 Å². The summed E-state index contributed by atoms with van der Waals surface area (Å²) in [4.78, 5) is 33.9. The first-order chi connectivity index (χ1) is 16.6. The van der Waals surface area contributed by atoms with Gasteiger partial charge < -0.3 is 4.98 Å². The highest BCUT2D eigenvalue weighted by atomic mass is 32.2. The Morgan fingerprint density at radius 1 is 1.12 bits per heavy atom. The van der Waals surface area contributed by atoms with Crippen LogP contribution in [0.15, 0.2) is 93.2 Å². The predicted molar refractivity (Wildman–Crippen MR) is 137 cm³/mol. The molecule has 2 aromatic heterocycles. The zero-order chi connectivity index (χ0) is 23.5. The smallest absolute Gasteiger partial charge is 0.253 e. The summed E-state index contributed by atoms with van der Waals surface area (Å²) in [6.07, 6.45) is 0.665. The Labute approximate surface area is 205 Å². The van der Waals surface area contributed by atoms with Crippen LogP contribution in [0.25, 0.3) is 11.3 Å². The summed E-state index contributed by atoms with van der Waals surface area (Å²) in [6, 6.07) is 23.1. The molecule has 0 spiro atoms. The van der Waals surface area contributed by atoms with Crippen molar-refractivity contribution in [2.75, 3.05) is 5.75 Å². The van der Waals surface area contributed by atoms with Crippen molar-refractivity contribution >= 4 is 34.7 Å². The second-order valence-corrected chi connectivity index (χ2v) is 9.90. The van der Waals surface area contributed by atoms with Crippen LogP contribution in [0.2, 0.25) is 0 Å². The highest BCUT2D eigenvalue weighted by Crippen LogP contribution is 2.34. The molecule has 8 heteroatoms. The number of thioether (sulfide) groups is 1. The summed E-state index contributed by atoms with van der Waals surface area (Å²) in [5, 5.41) is 8.73. The Hall–Kier alpha value is -3.49. The van der Waals surface area contributed by atoms with E-state index in [9.17, 15) is 9.59 Å². The van der Waals surface area contributed by atoms with Crippen LogP contribution >= 0.6 is 23.1 Å². The first-order valence-electron chi connectivity index (χ1n) is 10.9. The number of rotatable bonds is 6. The van der Waals surface area contributed by atoms with E-state index in [2.05, 4.69) is 34.2 Å². The van der Waals surface area contributed by atoms with Crippen LogP contribution in [-0.2, 0) is 4.79 Å². The molecule has 3 heterocycles. The maximum atomic E-state index is 13.3. The number of carbonyl (C=O) groups is 1. The number of aromatic amines is 1.